The number of amides is 1. The molecule has 2 N–H and O–H groups in total. The summed E-state index contributed by atoms with van der Waals surface area (Å²) in [6.45, 7) is 7.10. The van der Waals surface area contributed by atoms with Crippen molar-refractivity contribution in [1.82, 2.24) is 15.5 Å². The second kappa shape index (κ2) is 6.97. The van der Waals surface area contributed by atoms with Gasteiger partial charge in [0.05, 0.1) is 0 Å². The summed E-state index contributed by atoms with van der Waals surface area (Å²) >= 11 is -3.67. The Morgan fingerprint density at radius 2 is 1.18 bits per heavy atom. The van der Waals surface area contributed by atoms with Gasteiger partial charge in [0.2, 0.25) is 0 Å². The van der Waals surface area contributed by atoms with Gasteiger partial charge in [-0.3, -0.25) is 0 Å². The zero-order valence-corrected chi connectivity index (χ0v) is 17.2. The Labute approximate surface area is 138 Å². The predicted octanol–water partition coefficient (Wildman–Crippen LogP) is 0.748. The number of carboxylic acids is 1. The predicted molar refractivity (Wildman–Crippen MR) is 85.0 cm³/mol. The average molecular weight is 352 g/mol. The van der Waals surface area contributed by atoms with Crippen LogP contribution in [0, 0.1) is 0 Å². The summed E-state index contributed by atoms with van der Waals surface area (Å²) in [5.74, 6) is -1.53. The van der Waals surface area contributed by atoms with Crippen LogP contribution in [0.15, 0.2) is 0 Å². The van der Waals surface area contributed by atoms with E-state index in [4.69, 9.17) is 0 Å². The Morgan fingerprint density at radius 1 is 0.864 bits per heavy atom. The molecule has 0 aliphatic rings. The number of nitrogens with zero attached hydrogens (tertiary/aromatic N) is 3. The summed E-state index contributed by atoms with van der Waals surface area (Å²) in [5.41, 5.74) is -0.493. The van der Waals surface area contributed by atoms with Crippen molar-refractivity contribution in [1.29, 1.82) is 0 Å². The number of aliphatic carboxylic acids is 1. The van der Waals surface area contributed by atoms with Crippen molar-refractivity contribution in [3.8, 4) is 0 Å². The Hall–Kier alpha value is -0.466. The molecule has 0 aromatic carbocycles. The molecule has 0 aliphatic heterocycles. The molecule has 0 rings (SSSR count). The first-order valence-electron chi connectivity index (χ1n) is 7.24. The van der Waals surface area contributed by atoms with Crippen LogP contribution in [0.25, 0.3) is 0 Å². The molecule has 0 aliphatic carbocycles. The number of rotatable bonds is 6. The van der Waals surface area contributed by atoms with Crippen LogP contribution in [0.5, 0.6) is 0 Å². The van der Waals surface area contributed by atoms with Crippen LogP contribution in [0.4, 0.5) is 0 Å². The van der Waals surface area contributed by atoms with E-state index < -0.39 is 38.5 Å². The van der Waals surface area contributed by atoms with Gasteiger partial charge >= 0.3 is 139 Å². The van der Waals surface area contributed by atoms with E-state index >= 15 is 0 Å². The van der Waals surface area contributed by atoms with Crippen molar-refractivity contribution >= 4 is 11.9 Å². The SMILES string of the molecule is C[N](C)[Ti]([N](C)C)([N](C)C)[C](C)(C(=O)O)C(=O)NC(C)(C)C. The second-order valence-electron chi connectivity index (χ2n) is 7.45. The van der Waals surface area contributed by atoms with Crippen molar-refractivity contribution in [3.05, 3.63) is 0 Å². The van der Waals surface area contributed by atoms with Crippen LogP contribution in [-0.2, 0) is 26.9 Å². The number of carboxylic acid groups (broad SMARTS) is 1. The topological polar surface area (TPSA) is 76.1 Å². The zero-order chi connectivity index (χ0) is 18.1. The van der Waals surface area contributed by atoms with Crippen molar-refractivity contribution < 1.29 is 32.1 Å². The Kier molecular flexibility index (Phi) is 6.82. The average Bonchev–Trinajstić information content (AvgIpc) is 2.24. The van der Waals surface area contributed by atoms with Crippen LogP contribution < -0.4 is 5.32 Å². The van der Waals surface area contributed by atoms with Gasteiger partial charge in [0.25, 0.3) is 0 Å². The quantitative estimate of drug-likeness (QED) is 0.543. The standard InChI is InChI=1S/C8H14NO3.3C2H6N.Ti/c1-5(7(11)12)6(10)9-8(2,3)4;3*1-3-2;/h1-4H3,(H,9,10)(H,11,12);3*1-2H3;/q;3*-1;+3. The van der Waals surface area contributed by atoms with Crippen LogP contribution in [0.1, 0.15) is 27.7 Å². The van der Waals surface area contributed by atoms with Gasteiger partial charge in [0, 0.05) is 0 Å². The summed E-state index contributed by atoms with van der Waals surface area (Å²) < 4.78 is 4.30. The van der Waals surface area contributed by atoms with Crippen LogP contribution >= 0.6 is 0 Å². The monoisotopic (exact) mass is 352 g/mol. The van der Waals surface area contributed by atoms with E-state index in [2.05, 4.69) is 5.32 Å². The van der Waals surface area contributed by atoms with Crippen LogP contribution in [0.3, 0.4) is 0 Å². The Bertz CT molecular complexity index is 411. The molecule has 0 bridgehead atoms. The van der Waals surface area contributed by atoms with Gasteiger partial charge in [-0.15, -0.1) is 0 Å². The van der Waals surface area contributed by atoms with Gasteiger partial charge in [-0.1, -0.05) is 0 Å². The third-order valence-corrected chi connectivity index (χ3v) is 12.5. The molecule has 0 spiro atoms. The molecule has 1 unspecified atom stereocenters. The third-order valence-electron chi connectivity index (χ3n) is 3.91. The Balaban J connectivity index is 6.40. The molecule has 22 heavy (non-hydrogen) atoms. The second-order valence-corrected chi connectivity index (χ2v) is 15.2. The molecular weight excluding hydrogens is 320 g/mol. The van der Waals surface area contributed by atoms with Crippen LogP contribution in [0.2, 0.25) is 3.72 Å². The third kappa shape index (κ3) is 3.54. The minimum atomic E-state index is -3.67. The van der Waals surface area contributed by atoms with Crippen molar-refractivity contribution in [3.63, 3.8) is 0 Å². The minimum absolute atomic E-state index is 0.441. The van der Waals surface area contributed by atoms with Gasteiger partial charge in [-0.25, -0.2) is 0 Å². The molecule has 130 valence electrons. The normalized spacial score (nSPS) is 16.0. The van der Waals surface area contributed by atoms with Crippen LogP contribution in [-0.4, -0.2) is 75.0 Å². The van der Waals surface area contributed by atoms with E-state index in [0.29, 0.717) is 0 Å². The molecule has 0 aromatic heterocycles. The number of carbonyl (C=O) groups excluding carboxylic acids is 1. The first-order chi connectivity index (χ1) is 9.65. The van der Waals surface area contributed by atoms with E-state index in [-0.39, 0.29) is 0 Å². The van der Waals surface area contributed by atoms with Gasteiger partial charge < -0.3 is 0 Å². The van der Waals surface area contributed by atoms with E-state index in [1.165, 1.54) is 0 Å². The molecule has 8 heteroatoms. The van der Waals surface area contributed by atoms with Gasteiger partial charge in [-0.05, 0) is 0 Å². The number of carbonyl (C=O) groups is 2. The fourth-order valence-electron chi connectivity index (χ4n) is 3.40. The summed E-state index contributed by atoms with van der Waals surface area (Å²) in [7, 11) is 11.1. The van der Waals surface area contributed by atoms with Crippen molar-refractivity contribution in [2.24, 2.45) is 0 Å². The molecule has 0 radical (unpaired) electrons. The zero-order valence-electron chi connectivity index (χ0n) is 15.6. The summed E-state index contributed by atoms with van der Waals surface area (Å²) in [6, 6.07) is 0. The summed E-state index contributed by atoms with van der Waals surface area (Å²) in [4.78, 5) is 25.2. The summed E-state index contributed by atoms with van der Waals surface area (Å²) in [6.07, 6.45) is 0. The van der Waals surface area contributed by atoms with Crippen molar-refractivity contribution in [2.45, 2.75) is 37.0 Å². The first-order valence-corrected chi connectivity index (χ1v) is 10.1. The summed E-state index contributed by atoms with van der Waals surface area (Å²) in [5, 5.41) is 12.8. The van der Waals surface area contributed by atoms with E-state index in [1.807, 2.05) is 73.2 Å². The fraction of sp³-hybridized carbons (Fsp3) is 0.857. The Morgan fingerprint density at radius 3 is 1.36 bits per heavy atom. The van der Waals surface area contributed by atoms with E-state index in [1.54, 1.807) is 6.92 Å². The number of hydrogen-bond acceptors (Lipinski definition) is 5. The van der Waals surface area contributed by atoms with Gasteiger partial charge in [0.1, 0.15) is 0 Å². The molecule has 0 aromatic rings. The van der Waals surface area contributed by atoms with Gasteiger partial charge in [0.15, 0.2) is 0 Å². The molecule has 0 saturated carbocycles. The van der Waals surface area contributed by atoms with E-state index in [9.17, 15) is 14.7 Å². The maximum absolute atomic E-state index is 13.0. The molecule has 0 saturated heterocycles. The number of hydrogen-bond donors (Lipinski definition) is 2. The van der Waals surface area contributed by atoms with E-state index in [0.717, 1.165) is 0 Å². The molecule has 0 fully saturated rings. The molecule has 1 atom stereocenters. The molecular formula is C14H32N4O3Ti. The van der Waals surface area contributed by atoms with Gasteiger partial charge in [-0.2, -0.15) is 0 Å². The maximum atomic E-state index is 13.0. The van der Waals surface area contributed by atoms with Crippen molar-refractivity contribution in [2.75, 3.05) is 42.3 Å². The molecule has 1 amide bonds. The first kappa shape index (κ1) is 21.5. The molecule has 0 heterocycles. The molecule has 7 nitrogen and oxygen atoms in total. The fourth-order valence-corrected chi connectivity index (χ4v) is 12.4. The number of nitrogens with one attached hydrogen (secondary N) is 1.